The molecule has 1 amide bonds. The van der Waals surface area contributed by atoms with Crippen LogP contribution in [0.3, 0.4) is 0 Å². The van der Waals surface area contributed by atoms with Gasteiger partial charge in [-0.15, -0.1) is 0 Å². The summed E-state index contributed by atoms with van der Waals surface area (Å²) in [7, 11) is 0. The Balaban J connectivity index is 1.40. The molecule has 0 spiro atoms. The summed E-state index contributed by atoms with van der Waals surface area (Å²) in [6.45, 7) is 2.55. The molecule has 1 aliphatic rings. The van der Waals surface area contributed by atoms with Gasteiger partial charge in [0, 0.05) is 18.9 Å². The summed E-state index contributed by atoms with van der Waals surface area (Å²) in [5, 5.41) is 7.23. The summed E-state index contributed by atoms with van der Waals surface area (Å²) in [6, 6.07) is 15.9. The Morgan fingerprint density at radius 1 is 1.22 bits per heavy atom. The molecule has 1 aliphatic heterocycles. The van der Waals surface area contributed by atoms with Gasteiger partial charge in [0.05, 0.1) is 16.3 Å². The van der Waals surface area contributed by atoms with Crippen molar-refractivity contribution >= 4 is 29.4 Å². The van der Waals surface area contributed by atoms with Gasteiger partial charge in [0.1, 0.15) is 0 Å². The lowest BCUT2D eigenvalue weighted by Crippen LogP contribution is -2.39. The molecular formula is C20H19N5OS. The number of fused-ring (bicyclic) bond motifs is 1. The van der Waals surface area contributed by atoms with Crippen LogP contribution in [0.2, 0.25) is 0 Å². The molecule has 0 atom stereocenters. The number of rotatable bonds is 5. The highest BCUT2D eigenvalue weighted by molar-refractivity contribution is 7.98. The number of aryl methyl sites for hydroxylation is 1. The number of nitrogens with zero attached hydrogens (tertiary/aromatic N) is 3. The molecule has 0 radical (unpaired) electrons. The molecule has 136 valence electrons. The molecule has 2 N–H and O–H groups in total. The summed E-state index contributed by atoms with van der Waals surface area (Å²) in [5.41, 5.74) is 4.13. The van der Waals surface area contributed by atoms with Crippen molar-refractivity contribution in [2.45, 2.75) is 18.2 Å². The Bertz CT molecular complexity index is 997. The van der Waals surface area contributed by atoms with Gasteiger partial charge in [0.15, 0.2) is 0 Å². The molecule has 2 heterocycles. The first-order chi connectivity index (χ1) is 13.2. The Kier molecular flexibility index (Phi) is 4.93. The molecule has 0 fully saturated rings. The third-order valence-electron chi connectivity index (χ3n) is 4.24. The summed E-state index contributed by atoms with van der Waals surface area (Å²) >= 11 is 1.42. The van der Waals surface area contributed by atoms with E-state index in [1.807, 2.05) is 60.3 Å². The van der Waals surface area contributed by atoms with Gasteiger partial charge in [-0.1, -0.05) is 24.3 Å². The highest BCUT2D eigenvalue weighted by Gasteiger charge is 2.18. The Morgan fingerprint density at radius 2 is 2.11 bits per heavy atom. The van der Waals surface area contributed by atoms with Gasteiger partial charge in [-0.3, -0.25) is 4.79 Å². The number of amides is 1. The van der Waals surface area contributed by atoms with E-state index in [0.29, 0.717) is 18.8 Å². The molecule has 0 aliphatic carbocycles. The van der Waals surface area contributed by atoms with Crippen LogP contribution in [-0.2, 0) is 11.2 Å². The molecule has 3 aromatic rings. The average molecular weight is 377 g/mol. The fourth-order valence-corrected chi connectivity index (χ4v) is 3.70. The Labute approximate surface area is 161 Å². The van der Waals surface area contributed by atoms with Crippen LogP contribution in [0.5, 0.6) is 0 Å². The molecule has 4 rings (SSSR count). The molecule has 6 nitrogen and oxygen atoms in total. The average Bonchev–Trinajstić information content (AvgIpc) is 3.22. The van der Waals surface area contributed by atoms with E-state index in [2.05, 4.69) is 26.2 Å². The number of carbonyl (C=O) groups excluding carboxylic acids is 1. The van der Waals surface area contributed by atoms with Crippen molar-refractivity contribution in [2.24, 2.45) is 4.99 Å². The Hall–Kier alpha value is -3.06. The minimum atomic E-state index is -0.203. The smallest absolute Gasteiger partial charge is 0.287 e. The van der Waals surface area contributed by atoms with Crippen molar-refractivity contribution in [3.05, 3.63) is 72.1 Å². The van der Waals surface area contributed by atoms with Crippen LogP contribution in [0.1, 0.15) is 11.1 Å². The third-order valence-corrected chi connectivity index (χ3v) is 5.09. The first-order valence-corrected chi connectivity index (χ1v) is 9.51. The number of para-hydroxylation sites is 1. The van der Waals surface area contributed by atoms with Gasteiger partial charge in [-0.25, -0.2) is 9.67 Å². The van der Waals surface area contributed by atoms with Gasteiger partial charge in [0.2, 0.25) is 5.84 Å². The molecule has 0 saturated heterocycles. The van der Waals surface area contributed by atoms with Crippen LogP contribution >= 0.6 is 11.9 Å². The van der Waals surface area contributed by atoms with Gasteiger partial charge < -0.3 is 10.0 Å². The first kappa shape index (κ1) is 17.4. The lowest BCUT2D eigenvalue weighted by atomic mass is 10.1. The van der Waals surface area contributed by atoms with Crippen molar-refractivity contribution < 1.29 is 4.79 Å². The maximum Gasteiger partial charge on any atom is 0.287 e. The normalized spacial score (nSPS) is 12.7. The zero-order chi connectivity index (χ0) is 18.6. The molecule has 0 bridgehead atoms. The topological polar surface area (TPSA) is 71.3 Å². The highest BCUT2D eigenvalue weighted by atomic mass is 32.2. The van der Waals surface area contributed by atoms with E-state index in [0.717, 1.165) is 21.8 Å². The van der Waals surface area contributed by atoms with Crippen molar-refractivity contribution in [2.75, 3.05) is 6.54 Å². The monoisotopic (exact) mass is 377 g/mol. The number of nitrogens with one attached hydrogen (secondary N) is 2. The maximum atomic E-state index is 12.4. The maximum absolute atomic E-state index is 12.4. The van der Waals surface area contributed by atoms with Crippen molar-refractivity contribution in [1.82, 2.24) is 19.8 Å². The molecule has 27 heavy (non-hydrogen) atoms. The van der Waals surface area contributed by atoms with Crippen molar-refractivity contribution in [3.8, 4) is 5.69 Å². The predicted molar refractivity (Wildman–Crippen MR) is 108 cm³/mol. The number of amidine groups is 1. The SMILES string of the molecule is Cc1ccc2c(c1)SNC(C(=O)NCCc1ccccc1-n1cccn1)=N2. The second-order valence-corrected chi connectivity index (χ2v) is 7.07. The standard InChI is InChI=1S/C20H19N5OS/c1-14-7-8-16-18(13-14)27-24-19(23-16)20(26)21-11-9-15-5-2-3-6-17(15)25-12-4-10-22-25/h2-8,10,12-13H,9,11H2,1H3,(H,21,26)(H,23,24). The van der Waals surface area contributed by atoms with Crippen LogP contribution in [0.15, 0.2) is 70.8 Å². The van der Waals surface area contributed by atoms with Crippen LogP contribution in [0.4, 0.5) is 5.69 Å². The van der Waals surface area contributed by atoms with Gasteiger partial charge >= 0.3 is 0 Å². The summed E-state index contributed by atoms with van der Waals surface area (Å²) in [6.07, 6.45) is 4.37. The number of carbonyl (C=O) groups is 1. The van der Waals surface area contributed by atoms with E-state index in [-0.39, 0.29) is 5.91 Å². The largest absolute Gasteiger partial charge is 0.349 e. The van der Waals surface area contributed by atoms with Crippen LogP contribution in [-0.4, -0.2) is 28.1 Å². The van der Waals surface area contributed by atoms with E-state index in [1.165, 1.54) is 17.5 Å². The molecule has 0 unspecified atom stereocenters. The van der Waals surface area contributed by atoms with Gasteiger partial charge in [-0.2, -0.15) is 5.10 Å². The summed E-state index contributed by atoms with van der Waals surface area (Å²) < 4.78 is 4.86. The van der Waals surface area contributed by atoms with Crippen molar-refractivity contribution in [3.63, 3.8) is 0 Å². The number of benzene rings is 2. The van der Waals surface area contributed by atoms with E-state index in [4.69, 9.17) is 0 Å². The number of hydrogen-bond donors (Lipinski definition) is 2. The second-order valence-electron chi connectivity index (χ2n) is 6.22. The highest BCUT2D eigenvalue weighted by Crippen LogP contribution is 2.31. The quantitative estimate of drug-likeness (QED) is 0.670. The fraction of sp³-hybridized carbons (Fsp3) is 0.150. The molecule has 2 aromatic carbocycles. The predicted octanol–water partition coefficient (Wildman–Crippen LogP) is 3.18. The lowest BCUT2D eigenvalue weighted by Gasteiger charge is -2.16. The van der Waals surface area contributed by atoms with Crippen LogP contribution < -0.4 is 10.0 Å². The van der Waals surface area contributed by atoms with Gasteiger partial charge in [0.25, 0.3) is 5.91 Å². The third kappa shape index (κ3) is 3.88. The molecular weight excluding hydrogens is 358 g/mol. The minimum absolute atomic E-state index is 0.203. The van der Waals surface area contributed by atoms with Gasteiger partial charge in [-0.05, 0) is 60.7 Å². The fourth-order valence-electron chi connectivity index (χ4n) is 2.89. The number of hydrogen-bond acceptors (Lipinski definition) is 5. The number of aliphatic imine (C=N–C) groups is 1. The molecule has 0 saturated carbocycles. The number of aromatic nitrogens is 2. The van der Waals surface area contributed by atoms with E-state index in [9.17, 15) is 4.79 Å². The molecule has 1 aromatic heterocycles. The van der Waals surface area contributed by atoms with Crippen molar-refractivity contribution in [1.29, 1.82) is 0 Å². The van der Waals surface area contributed by atoms with E-state index < -0.39 is 0 Å². The summed E-state index contributed by atoms with van der Waals surface area (Å²) in [5.74, 6) is 0.127. The van der Waals surface area contributed by atoms with E-state index in [1.54, 1.807) is 6.20 Å². The zero-order valence-electron chi connectivity index (χ0n) is 14.8. The second kappa shape index (κ2) is 7.67. The minimum Gasteiger partial charge on any atom is -0.349 e. The van der Waals surface area contributed by atoms with E-state index >= 15 is 0 Å². The van der Waals surface area contributed by atoms with Crippen LogP contribution in [0.25, 0.3) is 5.69 Å². The molecule has 7 heteroatoms. The lowest BCUT2D eigenvalue weighted by molar-refractivity contribution is -0.114. The Morgan fingerprint density at radius 3 is 2.96 bits per heavy atom. The zero-order valence-corrected chi connectivity index (χ0v) is 15.7. The van der Waals surface area contributed by atoms with Crippen LogP contribution in [0, 0.1) is 6.92 Å². The summed E-state index contributed by atoms with van der Waals surface area (Å²) in [4.78, 5) is 17.9. The first-order valence-electron chi connectivity index (χ1n) is 8.69.